The predicted molar refractivity (Wildman–Crippen MR) is 72.0 cm³/mol. The third-order valence-electron chi connectivity index (χ3n) is 2.47. The summed E-state index contributed by atoms with van der Waals surface area (Å²) in [5.41, 5.74) is 1.52. The Morgan fingerprint density at radius 3 is 2.83 bits per heavy atom. The molecule has 0 unspecified atom stereocenters. The van der Waals surface area contributed by atoms with Gasteiger partial charge in [0.15, 0.2) is 0 Å². The Balaban J connectivity index is 2.16. The van der Waals surface area contributed by atoms with E-state index in [0.29, 0.717) is 12.2 Å². The molecule has 0 aliphatic heterocycles. The zero-order chi connectivity index (χ0) is 13.1. The molecule has 1 aromatic carbocycles. The van der Waals surface area contributed by atoms with Crippen molar-refractivity contribution >= 4 is 22.7 Å². The zero-order valence-corrected chi connectivity index (χ0v) is 11.0. The van der Waals surface area contributed by atoms with E-state index in [-0.39, 0.29) is 10.6 Å². The van der Waals surface area contributed by atoms with Gasteiger partial charge in [0.05, 0.1) is 16.5 Å². The second-order valence-electron chi connectivity index (χ2n) is 3.98. The summed E-state index contributed by atoms with van der Waals surface area (Å²) in [6.07, 6.45) is 1.78. The van der Waals surface area contributed by atoms with Crippen LogP contribution in [0.15, 0.2) is 24.4 Å². The van der Waals surface area contributed by atoms with E-state index in [1.165, 1.54) is 0 Å². The summed E-state index contributed by atoms with van der Waals surface area (Å²) >= 11 is 1.58. The summed E-state index contributed by atoms with van der Waals surface area (Å²) in [5.74, 6) is 0. The fourth-order valence-corrected chi connectivity index (χ4v) is 2.35. The van der Waals surface area contributed by atoms with Crippen LogP contribution in [0.5, 0.6) is 0 Å². The first kappa shape index (κ1) is 12.5. The van der Waals surface area contributed by atoms with Gasteiger partial charge < -0.3 is 5.32 Å². The zero-order valence-electron chi connectivity index (χ0n) is 10.1. The van der Waals surface area contributed by atoms with Crippen molar-refractivity contribution in [1.82, 2.24) is 4.98 Å². The predicted octanol–water partition coefficient (Wildman–Crippen LogP) is 3.28. The standard InChI is InChI=1S/C12H13N3O2S/c1-8-3-4-11(12(5-8)15(16)17)14-7-10-6-13-9(2)18-10/h3-6,14H,7H2,1-2H3. The number of anilines is 1. The minimum atomic E-state index is -0.368. The van der Waals surface area contributed by atoms with E-state index in [4.69, 9.17) is 0 Å². The van der Waals surface area contributed by atoms with Crippen LogP contribution in [-0.2, 0) is 6.54 Å². The molecule has 6 heteroatoms. The lowest BCUT2D eigenvalue weighted by Gasteiger charge is -2.06. The number of nitrogens with one attached hydrogen (secondary N) is 1. The first-order valence-corrected chi connectivity index (χ1v) is 6.28. The smallest absolute Gasteiger partial charge is 0.292 e. The minimum absolute atomic E-state index is 0.108. The highest BCUT2D eigenvalue weighted by molar-refractivity contribution is 7.11. The molecule has 0 fully saturated rings. The van der Waals surface area contributed by atoms with Gasteiger partial charge in [-0.05, 0) is 25.5 Å². The van der Waals surface area contributed by atoms with Crippen molar-refractivity contribution in [3.8, 4) is 0 Å². The van der Waals surface area contributed by atoms with E-state index in [1.54, 1.807) is 29.7 Å². The maximum Gasteiger partial charge on any atom is 0.292 e. The average molecular weight is 263 g/mol. The molecule has 2 aromatic rings. The molecule has 1 N–H and O–H groups in total. The van der Waals surface area contributed by atoms with Gasteiger partial charge in [-0.2, -0.15) is 0 Å². The Kier molecular flexibility index (Phi) is 3.57. The minimum Gasteiger partial charge on any atom is -0.375 e. The Labute approximate surface area is 109 Å². The second-order valence-corrected chi connectivity index (χ2v) is 5.30. The molecule has 0 radical (unpaired) electrons. The van der Waals surface area contributed by atoms with E-state index in [2.05, 4.69) is 10.3 Å². The van der Waals surface area contributed by atoms with Gasteiger partial charge in [0, 0.05) is 17.1 Å². The SMILES string of the molecule is Cc1ccc(NCc2cnc(C)s2)c([N+](=O)[O-])c1. The summed E-state index contributed by atoms with van der Waals surface area (Å²) in [7, 11) is 0. The highest BCUT2D eigenvalue weighted by Gasteiger charge is 2.13. The van der Waals surface area contributed by atoms with Crippen molar-refractivity contribution in [3.05, 3.63) is 50.0 Å². The van der Waals surface area contributed by atoms with Crippen LogP contribution in [0.1, 0.15) is 15.4 Å². The number of aromatic nitrogens is 1. The average Bonchev–Trinajstić information content (AvgIpc) is 2.73. The van der Waals surface area contributed by atoms with E-state index in [9.17, 15) is 10.1 Å². The quantitative estimate of drug-likeness (QED) is 0.679. The van der Waals surface area contributed by atoms with E-state index in [0.717, 1.165) is 15.4 Å². The largest absolute Gasteiger partial charge is 0.375 e. The van der Waals surface area contributed by atoms with Gasteiger partial charge in [0.1, 0.15) is 5.69 Å². The van der Waals surface area contributed by atoms with E-state index < -0.39 is 0 Å². The van der Waals surface area contributed by atoms with Crippen molar-refractivity contribution in [3.63, 3.8) is 0 Å². The molecule has 2 rings (SSSR count). The summed E-state index contributed by atoms with van der Waals surface area (Å²) < 4.78 is 0. The fourth-order valence-electron chi connectivity index (χ4n) is 1.61. The number of benzene rings is 1. The normalized spacial score (nSPS) is 10.3. The van der Waals surface area contributed by atoms with Crippen molar-refractivity contribution < 1.29 is 4.92 Å². The van der Waals surface area contributed by atoms with Crippen LogP contribution in [0.4, 0.5) is 11.4 Å². The van der Waals surface area contributed by atoms with Crippen LogP contribution in [0, 0.1) is 24.0 Å². The maximum absolute atomic E-state index is 10.9. The Morgan fingerprint density at radius 1 is 1.44 bits per heavy atom. The van der Waals surface area contributed by atoms with Crippen molar-refractivity contribution in [2.45, 2.75) is 20.4 Å². The van der Waals surface area contributed by atoms with Crippen molar-refractivity contribution in [1.29, 1.82) is 0 Å². The molecule has 0 aliphatic carbocycles. The Morgan fingerprint density at radius 2 is 2.22 bits per heavy atom. The summed E-state index contributed by atoms with van der Waals surface area (Å²) in [6.45, 7) is 4.32. The fraction of sp³-hybridized carbons (Fsp3) is 0.250. The molecule has 0 saturated heterocycles. The topological polar surface area (TPSA) is 68.1 Å². The number of aryl methyl sites for hydroxylation is 2. The van der Waals surface area contributed by atoms with Crippen LogP contribution >= 0.6 is 11.3 Å². The number of thiazole rings is 1. The van der Waals surface area contributed by atoms with Gasteiger partial charge in [-0.15, -0.1) is 11.3 Å². The lowest BCUT2D eigenvalue weighted by atomic mass is 10.2. The molecule has 1 aromatic heterocycles. The lowest BCUT2D eigenvalue weighted by molar-refractivity contribution is -0.384. The highest BCUT2D eigenvalue weighted by atomic mass is 32.1. The first-order chi connectivity index (χ1) is 8.56. The number of nitro groups is 1. The van der Waals surface area contributed by atoms with Crippen LogP contribution in [0.3, 0.4) is 0 Å². The van der Waals surface area contributed by atoms with Gasteiger partial charge in [0.2, 0.25) is 0 Å². The van der Waals surface area contributed by atoms with Gasteiger partial charge in [0.25, 0.3) is 5.69 Å². The molecule has 0 saturated carbocycles. The number of hydrogen-bond donors (Lipinski definition) is 1. The third-order valence-corrected chi connectivity index (χ3v) is 3.38. The van der Waals surface area contributed by atoms with Crippen molar-refractivity contribution in [2.24, 2.45) is 0 Å². The van der Waals surface area contributed by atoms with Gasteiger partial charge in [-0.25, -0.2) is 4.98 Å². The van der Waals surface area contributed by atoms with Crippen LogP contribution in [0.25, 0.3) is 0 Å². The highest BCUT2D eigenvalue weighted by Crippen LogP contribution is 2.26. The van der Waals surface area contributed by atoms with E-state index >= 15 is 0 Å². The molecule has 0 amide bonds. The van der Waals surface area contributed by atoms with Crippen LogP contribution < -0.4 is 5.32 Å². The molecule has 0 atom stereocenters. The Bertz CT molecular complexity index is 580. The summed E-state index contributed by atoms with van der Waals surface area (Å²) in [4.78, 5) is 15.8. The van der Waals surface area contributed by atoms with Crippen LogP contribution in [0.2, 0.25) is 0 Å². The molecule has 0 spiro atoms. The molecular formula is C12H13N3O2S. The molecule has 0 bridgehead atoms. The van der Waals surface area contributed by atoms with E-state index in [1.807, 2.05) is 19.9 Å². The molecule has 18 heavy (non-hydrogen) atoms. The molecule has 94 valence electrons. The molecular weight excluding hydrogens is 250 g/mol. The number of rotatable bonds is 4. The monoisotopic (exact) mass is 263 g/mol. The maximum atomic E-state index is 10.9. The summed E-state index contributed by atoms with van der Waals surface area (Å²) in [5, 5.41) is 15.0. The second kappa shape index (κ2) is 5.14. The van der Waals surface area contributed by atoms with Crippen molar-refractivity contribution in [2.75, 3.05) is 5.32 Å². The molecule has 0 aliphatic rings. The number of hydrogen-bond acceptors (Lipinski definition) is 5. The third kappa shape index (κ3) is 2.84. The number of nitro benzene ring substituents is 1. The van der Waals surface area contributed by atoms with Gasteiger partial charge >= 0.3 is 0 Å². The lowest BCUT2D eigenvalue weighted by Crippen LogP contribution is -2.01. The number of nitrogens with zero attached hydrogens (tertiary/aromatic N) is 2. The molecule has 1 heterocycles. The van der Waals surface area contributed by atoms with Gasteiger partial charge in [-0.1, -0.05) is 6.07 Å². The van der Waals surface area contributed by atoms with Crippen LogP contribution in [-0.4, -0.2) is 9.91 Å². The van der Waals surface area contributed by atoms with Gasteiger partial charge in [-0.3, -0.25) is 10.1 Å². The summed E-state index contributed by atoms with van der Waals surface area (Å²) in [6, 6.07) is 5.16. The first-order valence-electron chi connectivity index (χ1n) is 5.46. The Hall–Kier alpha value is -1.95. The molecule has 5 nitrogen and oxygen atoms in total.